The number of aryl methyl sites for hydroxylation is 1. The van der Waals surface area contributed by atoms with Crippen molar-refractivity contribution in [3.63, 3.8) is 0 Å². The van der Waals surface area contributed by atoms with Gasteiger partial charge in [0.05, 0.1) is 5.69 Å². The molecule has 18 heavy (non-hydrogen) atoms. The topological polar surface area (TPSA) is 33.2 Å². The molecule has 0 spiro atoms. The van der Waals surface area contributed by atoms with Crippen LogP contribution in [0.1, 0.15) is 19.4 Å². The zero-order valence-corrected chi connectivity index (χ0v) is 10.6. The first-order chi connectivity index (χ1) is 8.74. The third-order valence-electron chi connectivity index (χ3n) is 2.81. The number of carbonyl (C=O) groups is 1. The highest BCUT2D eigenvalue weighted by Gasteiger charge is 2.17. The Morgan fingerprint density at radius 1 is 1.17 bits per heavy atom. The van der Waals surface area contributed by atoms with Crippen LogP contribution in [-0.2, 0) is 11.2 Å². The summed E-state index contributed by atoms with van der Waals surface area (Å²) in [5.41, 5.74) is 2.05. The van der Waals surface area contributed by atoms with Crippen molar-refractivity contribution in [2.45, 2.75) is 20.3 Å². The summed E-state index contributed by atoms with van der Waals surface area (Å²) < 4.78 is 0. The number of hydrogen-bond acceptors (Lipinski definition) is 2. The Kier molecular flexibility index (Phi) is 3.72. The number of rotatable bonds is 3. The van der Waals surface area contributed by atoms with Gasteiger partial charge < -0.3 is 0 Å². The second kappa shape index (κ2) is 5.45. The minimum absolute atomic E-state index is 0.0328. The minimum atomic E-state index is -0.0328. The van der Waals surface area contributed by atoms with E-state index in [0.717, 1.165) is 17.7 Å². The highest BCUT2D eigenvalue weighted by molar-refractivity contribution is 5.98. The zero-order chi connectivity index (χ0) is 13.0. The molecule has 0 fully saturated rings. The second-order valence-corrected chi connectivity index (χ2v) is 4.02. The van der Waals surface area contributed by atoms with Gasteiger partial charge in [-0.15, -0.1) is 0 Å². The van der Waals surface area contributed by atoms with Crippen LogP contribution in [0.4, 0.5) is 11.5 Å². The first-order valence-corrected chi connectivity index (χ1v) is 6.03. The number of para-hydroxylation sites is 1. The Labute approximate surface area is 107 Å². The highest BCUT2D eigenvalue weighted by Crippen LogP contribution is 2.27. The molecule has 0 aliphatic rings. The van der Waals surface area contributed by atoms with E-state index in [4.69, 9.17) is 0 Å². The Hall–Kier alpha value is -2.16. The smallest absolute Gasteiger partial charge is 0.229 e. The van der Waals surface area contributed by atoms with Gasteiger partial charge in [-0.25, -0.2) is 4.98 Å². The molecular formula is C15H16N2O. The SMILES string of the molecule is CCc1ccccc1N(C(C)=O)c1ccccn1. The number of nitrogens with zero attached hydrogens (tertiary/aromatic N) is 2. The predicted molar refractivity (Wildman–Crippen MR) is 72.9 cm³/mol. The van der Waals surface area contributed by atoms with Crippen LogP contribution >= 0.6 is 0 Å². The van der Waals surface area contributed by atoms with E-state index in [1.807, 2.05) is 42.5 Å². The highest BCUT2D eigenvalue weighted by atomic mass is 16.2. The van der Waals surface area contributed by atoms with Gasteiger partial charge in [0.25, 0.3) is 0 Å². The number of amides is 1. The fourth-order valence-corrected chi connectivity index (χ4v) is 1.97. The molecule has 0 atom stereocenters. The van der Waals surface area contributed by atoms with Crippen LogP contribution in [0.5, 0.6) is 0 Å². The number of aromatic nitrogens is 1. The second-order valence-electron chi connectivity index (χ2n) is 4.02. The Morgan fingerprint density at radius 3 is 2.50 bits per heavy atom. The normalized spacial score (nSPS) is 10.1. The van der Waals surface area contributed by atoms with Crippen LogP contribution in [0.2, 0.25) is 0 Å². The first-order valence-electron chi connectivity index (χ1n) is 6.03. The molecule has 0 radical (unpaired) electrons. The van der Waals surface area contributed by atoms with Crippen molar-refractivity contribution >= 4 is 17.4 Å². The fourth-order valence-electron chi connectivity index (χ4n) is 1.97. The maximum Gasteiger partial charge on any atom is 0.229 e. The van der Waals surface area contributed by atoms with Crippen molar-refractivity contribution in [3.8, 4) is 0 Å². The molecule has 1 aromatic carbocycles. The van der Waals surface area contributed by atoms with Gasteiger partial charge in [0, 0.05) is 13.1 Å². The van der Waals surface area contributed by atoms with E-state index in [-0.39, 0.29) is 5.91 Å². The lowest BCUT2D eigenvalue weighted by atomic mass is 10.1. The Balaban J connectivity index is 2.52. The molecule has 0 saturated carbocycles. The average molecular weight is 240 g/mol. The van der Waals surface area contributed by atoms with E-state index in [1.54, 1.807) is 18.0 Å². The molecule has 2 aromatic rings. The third kappa shape index (κ3) is 2.40. The van der Waals surface area contributed by atoms with Crippen molar-refractivity contribution in [3.05, 3.63) is 54.2 Å². The van der Waals surface area contributed by atoms with E-state index in [9.17, 15) is 4.79 Å². The van der Waals surface area contributed by atoms with E-state index in [2.05, 4.69) is 11.9 Å². The fraction of sp³-hybridized carbons (Fsp3) is 0.200. The average Bonchev–Trinajstić information content (AvgIpc) is 2.40. The van der Waals surface area contributed by atoms with Crippen LogP contribution < -0.4 is 4.90 Å². The van der Waals surface area contributed by atoms with Crippen molar-refractivity contribution in [1.29, 1.82) is 0 Å². The largest absolute Gasteiger partial charge is 0.274 e. The summed E-state index contributed by atoms with van der Waals surface area (Å²) in [6.45, 7) is 3.64. The van der Waals surface area contributed by atoms with Gasteiger partial charge >= 0.3 is 0 Å². The maximum absolute atomic E-state index is 11.9. The van der Waals surface area contributed by atoms with E-state index >= 15 is 0 Å². The number of hydrogen-bond donors (Lipinski definition) is 0. The molecule has 0 aliphatic heterocycles. The Morgan fingerprint density at radius 2 is 1.89 bits per heavy atom. The molecule has 1 amide bonds. The molecular weight excluding hydrogens is 224 g/mol. The van der Waals surface area contributed by atoms with Crippen LogP contribution in [0.15, 0.2) is 48.7 Å². The van der Waals surface area contributed by atoms with Gasteiger partial charge in [0.15, 0.2) is 0 Å². The standard InChI is InChI=1S/C15H16N2O/c1-3-13-8-4-5-9-14(13)17(12(2)18)15-10-6-7-11-16-15/h4-11H,3H2,1-2H3. The quantitative estimate of drug-likeness (QED) is 0.824. The van der Waals surface area contributed by atoms with Crippen LogP contribution in [0, 0.1) is 0 Å². The summed E-state index contributed by atoms with van der Waals surface area (Å²) >= 11 is 0. The van der Waals surface area contributed by atoms with Crippen LogP contribution in [0.25, 0.3) is 0 Å². The monoisotopic (exact) mass is 240 g/mol. The lowest BCUT2D eigenvalue weighted by Crippen LogP contribution is -2.24. The molecule has 92 valence electrons. The van der Waals surface area contributed by atoms with E-state index in [1.165, 1.54) is 0 Å². The van der Waals surface area contributed by atoms with Gasteiger partial charge in [-0.1, -0.05) is 31.2 Å². The van der Waals surface area contributed by atoms with Gasteiger partial charge in [-0.2, -0.15) is 0 Å². The summed E-state index contributed by atoms with van der Waals surface area (Å²) in [5.74, 6) is 0.625. The minimum Gasteiger partial charge on any atom is -0.274 e. The lowest BCUT2D eigenvalue weighted by Gasteiger charge is -2.22. The van der Waals surface area contributed by atoms with Crippen LogP contribution in [0.3, 0.4) is 0 Å². The van der Waals surface area contributed by atoms with Gasteiger partial charge in [-0.3, -0.25) is 9.69 Å². The van der Waals surface area contributed by atoms with Crippen molar-refractivity contribution in [2.75, 3.05) is 4.90 Å². The van der Waals surface area contributed by atoms with Crippen molar-refractivity contribution in [2.24, 2.45) is 0 Å². The molecule has 0 bridgehead atoms. The zero-order valence-electron chi connectivity index (χ0n) is 10.6. The predicted octanol–water partition coefficient (Wildman–Crippen LogP) is 3.33. The van der Waals surface area contributed by atoms with E-state index in [0.29, 0.717) is 5.82 Å². The summed E-state index contributed by atoms with van der Waals surface area (Å²) in [7, 11) is 0. The molecule has 0 N–H and O–H groups in total. The molecule has 3 nitrogen and oxygen atoms in total. The number of pyridine rings is 1. The molecule has 1 aromatic heterocycles. The Bertz CT molecular complexity index is 537. The summed E-state index contributed by atoms with van der Waals surface area (Å²) in [6.07, 6.45) is 2.58. The molecule has 2 rings (SSSR count). The van der Waals surface area contributed by atoms with Crippen molar-refractivity contribution < 1.29 is 4.79 Å². The molecule has 0 aliphatic carbocycles. The van der Waals surface area contributed by atoms with E-state index < -0.39 is 0 Å². The number of carbonyl (C=O) groups excluding carboxylic acids is 1. The number of anilines is 2. The summed E-state index contributed by atoms with van der Waals surface area (Å²) in [5, 5.41) is 0. The van der Waals surface area contributed by atoms with Crippen LogP contribution in [-0.4, -0.2) is 10.9 Å². The molecule has 0 unspecified atom stereocenters. The van der Waals surface area contributed by atoms with Gasteiger partial charge in [0.1, 0.15) is 5.82 Å². The molecule has 1 heterocycles. The van der Waals surface area contributed by atoms with Gasteiger partial charge in [-0.05, 0) is 30.2 Å². The molecule has 0 saturated heterocycles. The summed E-state index contributed by atoms with van der Waals surface area (Å²) in [6, 6.07) is 13.5. The third-order valence-corrected chi connectivity index (χ3v) is 2.81. The molecule has 3 heteroatoms. The van der Waals surface area contributed by atoms with Crippen molar-refractivity contribution in [1.82, 2.24) is 4.98 Å². The number of benzene rings is 1. The lowest BCUT2D eigenvalue weighted by molar-refractivity contribution is -0.115. The first kappa shape index (κ1) is 12.3. The maximum atomic E-state index is 11.9. The summed E-state index contributed by atoms with van der Waals surface area (Å²) in [4.78, 5) is 17.8. The van der Waals surface area contributed by atoms with Gasteiger partial charge in [0.2, 0.25) is 5.91 Å².